The van der Waals surface area contributed by atoms with Crippen molar-refractivity contribution in [2.45, 2.75) is 26.1 Å². The number of aromatic nitrogens is 3. The van der Waals surface area contributed by atoms with Crippen LogP contribution in [0.15, 0.2) is 42.5 Å². The number of para-hydroxylation sites is 1. The van der Waals surface area contributed by atoms with E-state index in [2.05, 4.69) is 15.0 Å². The first-order chi connectivity index (χ1) is 14.0. The van der Waals surface area contributed by atoms with Gasteiger partial charge in [0.25, 0.3) is 0 Å². The molecule has 148 valence electrons. The number of hydrogen-bond donors (Lipinski definition) is 2. The molecule has 1 aliphatic heterocycles. The van der Waals surface area contributed by atoms with Gasteiger partial charge in [-0.1, -0.05) is 18.2 Å². The van der Waals surface area contributed by atoms with E-state index in [-0.39, 0.29) is 18.0 Å². The molecule has 29 heavy (non-hydrogen) atoms. The van der Waals surface area contributed by atoms with Crippen LogP contribution in [0, 0.1) is 5.82 Å². The van der Waals surface area contributed by atoms with Crippen LogP contribution in [0.5, 0.6) is 0 Å². The number of morpholine rings is 1. The molecule has 6 nitrogen and oxygen atoms in total. The quantitative estimate of drug-likeness (QED) is 0.537. The second-order valence-corrected chi connectivity index (χ2v) is 7.68. The SMILES string of the molecule is C[C@@H]1CN(c2cc3nc(-c4cc5ccccc5nc4N)[nH]c3cc2F)C[C@H](C)O1. The van der Waals surface area contributed by atoms with Gasteiger partial charge in [0.05, 0.1) is 40.0 Å². The molecule has 0 saturated carbocycles. The summed E-state index contributed by atoms with van der Waals surface area (Å²) in [5, 5.41) is 0.973. The predicted molar refractivity (Wildman–Crippen MR) is 113 cm³/mol. The van der Waals surface area contributed by atoms with Gasteiger partial charge in [-0.25, -0.2) is 14.4 Å². The number of anilines is 2. The smallest absolute Gasteiger partial charge is 0.148 e. The molecule has 1 saturated heterocycles. The number of benzene rings is 2. The Balaban J connectivity index is 1.58. The summed E-state index contributed by atoms with van der Waals surface area (Å²) in [5.41, 5.74) is 9.57. The number of nitrogens with one attached hydrogen (secondary N) is 1. The monoisotopic (exact) mass is 391 g/mol. The minimum absolute atomic E-state index is 0.0482. The van der Waals surface area contributed by atoms with Gasteiger partial charge in [-0.3, -0.25) is 0 Å². The van der Waals surface area contributed by atoms with Crippen LogP contribution in [0.1, 0.15) is 13.8 Å². The van der Waals surface area contributed by atoms with E-state index in [1.165, 1.54) is 6.07 Å². The van der Waals surface area contributed by atoms with Crippen molar-refractivity contribution in [3.05, 3.63) is 48.3 Å². The Kier molecular flexibility index (Phi) is 4.13. The van der Waals surface area contributed by atoms with Gasteiger partial charge in [-0.2, -0.15) is 0 Å². The van der Waals surface area contributed by atoms with Crippen molar-refractivity contribution in [3.8, 4) is 11.4 Å². The lowest BCUT2D eigenvalue weighted by Crippen LogP contribution is -2.45. The van der Waals surface area contributed by atoms with E-state index in [4.69, 9.17) is 10.5 Å². The number of nitrogens with two attached hydrogens (primary N) is 1. The first-order valence-corrected chi connectivity index (χ1v) is 9.73. The topological polar surface area (TPSA) is 80.1 Å². The largest absolute Gasteiger partial charge is 0.383 e. The molecule has 3 heterocycles. The van der Waals surface area contributed by atoms with Gasteiger partial charge >= 0.3 is 0 Å². The molecule has 1 aliphatic rings. The molecule has 4 aromatic rings. The highest BCUT2D eigenvalue weighted by molar-refractivity contribution is 5.90. The van der Waals surface area contributed by atoms with Crippen molar-refractivity contribution >= 4 is 33.4 Å². The lowest BCUT2D eigenvalue weighted by Gasteiger charge is -2.36. The molecule has 1 fully saturated rings. The maximum absolute atomic E-state index is 14.9. The second-order valence-electron chi connectivity index (χ2n) is 7.68. The summed E-state index contributed by atoms with van der Waals surface area (Å²) in [4.78, 5) is 14.4. The minimum atomic E-state index is -0.279. The molecule has 2 aromatic carbocycles. The molecular weight excluding hydrogens is 369 g/mol. The third kappa shape index (κ3) is 3.17. The molecular formula is C22H22FN5O. The molecule has 0 radical (unpaired) electrons. The van der Waals surface area contributed by atoms with Crippen LogP contribution in [0.25, 0.3) is 33.3 Å². The normalized spacial score (nSPS) is 19.9. The fourth-order valence-electron chi connectivity index (χ4n) is 4.08. The molecule has 0 spiro atoms. The minimum Gasteiger partial charge on any atom is -0.383 e. The van der Waals surface area contributed by atoms with Crippen molar-refractivity contribution in [2.24, 2.45) is 0 Å². The highest BCUT2D eigenvalue weighted by Crippen LogP contribution is 2.31. The van der Waals surface area contributed by atoms with Crippen molar-refractivity contribution in [3.63, 3.8) is 0 Å². The Morgan fingerprint density at radius 3 is 2.62 bits per heavy atom. The van der Waals surface area contributed by atoms with Crippen LogP contribution in [0.2, 0.25) is 0 Å². The molecule has 0 amide bonds. The van der Waals surface area contributed by atoms with Gasteiger partial charge in [0, 0.05) is 24.5 Å². The van der Waals surface area contributed by atoms with Crippen LogP contribution < -0.4 is 10.6 Å². The molecule has 3 N–H and O–H groups in total. The molecule has 0 bridgehead atoms. The lowest BCUT2D eigenvalue weighted by atomic mass is 10.1. The molecule has 2 aromatic heterocycles. The van der Waals surface area contributed by atoms with Gasteiger partial charge in [0.2, 0.25) is 0 Å². The van der Waals surface area contributed by atoms with Gasteiger partial charge < -0.3 is 20.4 Å². The number of H-pyrrole nitrogens is 1. The third-order valence-electron chi connectivity index (χ3n) is 5.32. The van der Waals surface area contributed by atoms with Crippen LogP contribution in [0.4, 0.5) is 15.9 Å². The average molecular weight is 391 g/mol. The Labute approximate surface area is 167 Å². The zero-order valence-electron chi connectivity index (χ0n) is 16.3. The van der Waals surface area contributed by atoms with E-state index in [0.29, 0.717) is 47.0 Å². The number of nitrogens with zero attached hydrogens (tertiary/aromatic N) is 3. The fourth-order valence-corrected chi connectivity index (χ4v) is 4.08. The lowest BCUT2D eigenvalue weighted by molar-refractivity contribution is -0.00538. The zero-order valence-corrected chi connectivity index (χ0v) is 16.3. The number of hydrogen-bond acceptors (Lipinski definition) is 5. The van der Waals surface area contributed by atoms with E-state index in [1.54, 1.807) is 6.07 Å². The van der Waals surface area contributed by atoms with E-state index >= 15 is 0 Å². The summed E-state index contributed by atoms with van der Waals surface area (Å²) in [7, 11) is 0. The zero-order chi connectivity index (χ0) is 20.1. The summed E-state index contributed by atoms with van der Waals surface area (Å²) in [5.74, 6) is 0.689. The van der Waals surface area contributed by atoms with E-state index in [9.17, 15) is 4.39 Å². The maximum atomic E-state index is 14.9. The summed E-state index contributed by atoms with van der Waals surface area (Å²) in [6.45, 7) is 5.29. The van der Waals surface area contributed by atoms with Gasteiger partial charge in [-0.05, 0) is 32.0 Å². The summed E-state index contributed by atoms with van der Waals surface area (Å²) >= 11 is 0. The van der Waals surface area contributed by atoms with Crippen molar-refractivity contribution in [1.82, 2.24) is 15.0 Å². The van der Waals surface area contributed by atoms with Crippen molar-refractivity contribution < 1.29 is 9.13 Å². The summed E-state index contributed by atoms with van der Waals surface area (Å²) in [6.07, 6.45) is 0.0964. The van der Waals surface area contributed by atoms with Gasteiger partial charge in [0.1, 0.15) is 17.5 Å². The first-order valence-electron chi connectivity index (χ1n) is 9.73. The third-order valence-corrected chi connectivity index (χ3v) is 5.32. The Hall–Kier alpha value is -3.19. The predicted octanol–water partition coefficient (Wildman–Crippen LogP) is 4.11. The molecule has 2 atom stereocenters. The number of imidazole rings is 1. The number of pyridine rings is 1. The average Bonchev–Trinajstić information content (AvgIpc) is 3.08. The van der Waals surface area contributed by atoms with Crippen LogP contribution in [0.3, 0.4) is 0 Å². The number of ether oxygens (including phenoxy) is 1. The van der Waals surface area contributed by atoms with E-state index in [1.807, 2.05) is 49.1 Å². The molecule has 0 unspecified atom stereocenters. The summed E-state index contributed by atoms with van der Waals surface area (Å²) in [6, 6.07) is 13.0. The van der Waals surface area contributed by atoms with Crippen LogP contribution in [-0.4, -0.2) is 40.2 Å². The first kappa shape index (κ1) is 17.9. The Bertz CT molecular complexity index is 1210. The van der Waals surface area contributed by atoms with E-state index < -0.39 is 0 Å². The maximum Gasteiger partial charge on any atom is 0.148 e. The molecule has 5 rings (SSSR count). The summed E-state index contributed by atoms with van der Waals surface area (Å²) < 4.78 is 20.7. The van der Waals surface area contributed by atoms with Gasteiger partial charge in [0.15, 0.2) is 0 Å². The van der Waals surface area contributed by atoms with E-state index in [0.717, 1.165) is 10.9 Å². The number of fused-ring (bicyclic) bond motifs is 2. The number of halogens is 1. The van der Waals surface area contributed by atoms with Gasteiger partial charge in [-0.15, -0.1) is 0 Å². The standard InChI is InChI=1S/C22H22FN5O/c1-12-10-28(11-13(2)29-12)20-9-19-18(8-16(20)23)26-22(27-19)15-7-14-5-3-4-6-17(14)25-21(15)24/h3-9,12-13H,10-11H2,1-2H3,(H2,24,25)(H,26,27)/t12-,13+. The highest BCUT2D eigenvalue weighted by atomic mass is 19.1. The van der Waals surface area contributed by atoms with Crippen molar-refractivity contribution in [1.29, 1.82) is 0 Å². The number of rotatable bonds is 2. The Morgan fingerprint density at radius 1 is 1.07 bits per heavy atom. The van der Waals surface area contributed by atoms with Crippen LogP contribution >= 0.6 is 0 Å². The highest BCUT2D eigenvalue weighted by Gasteiger charge is 2.25. The number of nitrogen functional groups attached to an aromatic ring is 1. The van der Waals surface area contributed by atoms with Crippen LogP contribution in [-0.2, 0) is 4.74 Å². The Morgan fingerprint density at radius 2 is 1.83 bits per heavy atom. The van der Waals surface area contributed by atoms with Crippen molar-refractivity contribution in [2.75, 3.05) is 23.7 Å². The molecule has 0 aliphatic carbocycles. The molecule has 7 heteroatoms. The number of aromatic amines is 1. The second kappa shape index (κ2) is 6.70. The fraction of sp³-hybridized carbons (Fsp3) is 0.273.